The zero-order valence-corrected chi connectivity index (χ0v) is 8.24. The fraction of sp³-hybridized carbons (Fsp3) is 0. The molecule has 0 radical (unpaired) electrons. The highest BCUT2D eigenvalue weighted by Crippen LogP contribution is 2.26. The molecule has 78 valence electrons. The van der Waals surface area contributed by atoms with E-state index in [4.69, 9.17) is 5.26 Å². The van der Waals surface area contributed by atoms with Crippen LogP contribution in [0.15, 0.2) is 42.5 Å². The van der Waals surface area contributed by atoms with Crippen molar-refractivity contribution in [1.29, 1.82) is 5.26 Å². The molecular weight excluding hydrogens is 208 g/mol. The van der Waals surface area contributed by atoms with Gasteiger partial charge in [0.15, 0.2) is 0 Å². The summed E-state index contributed by atoms with van der Waals surface area (Å²) in [5.74, 6) is -1.26. The van der Waals surface area contributed by atoms with Crippen LogP contribution in [0.5, 0.6) is 0 Å². The van der Waals surface area contributed by atoms with Crippen molar-refractivity contribution in [3.05, 3.63) is 59.7 Å². The molecule has 0 amide bonds. The summed E-state index contributed by atoms with van der Waals surface area (Å²) in [7, 11) is 0. The SMILES string of the molecule is N#Cc1cccc(-c2c(F)cccc2F)c1. The van der Waals surface area contributed by atoms with Crippen LogP contribution >= 0.6 is 0 Å². The molecule has 0 fully saturated rings. The molecular formula is C13H7F2N. The first kappa shape index (κ1) is 10.3. The van der Waals surface area contributed by atoms with Crippen LogP contribution in [0.2, 0.25) is 0 Å². The zero-order valence-electron chi connectivity index (χ0n) is 8.24. The number of rotatable bonds is 1. The van der Waals surface area contributed by atoms with E-state index in [1.54, 1.807) is 18.2 Å². The van der Waals surface area contributed by atoms with Crippen molar-refractivity contribution < 1.29 is 8.78 Å². The lowest BCUT2D eigenvalue weighted by molar-refractivity contribution is 0.589. The molecule has 0 saturated carbocycles. The number of halogens is 2. The van der Waals surface area contributed by atoms with Gasteiger partial charge in [0.25, 0.3) is 0 Å². The summed E-state index contributed by atoms with van der Waals surface area (Å²) in [6.45, 7) is 0. The van der Waals surface area contributed by atoms with Gasteiger partial charge in [-0.3, -0.25) is 0 Å². The summed E-state index contributed by atoms with van der Waals surface area (Å²) in [4.78, 5) is 0. The lowest BCUT2D eigenvalue weighted by Gasteiger charge is -2.04. The third kappa shape index (κ3) is 1.78. The third-order valence-electron chi connectivity index (χ3n) is 2.24. The maximum absolute atomic E-state index is 13.4. The van der Waals surface area contributed by atoms with Gasteiger partial charge in [-0.15, -0.1) is 0 Å². The minimum atomic E-state index is -0.630. The van der Waals surface area contributed by atoms with Crippen molar-refractivity contribution >= 4 is 0 Å². The molecule has 0 aromatic heterocycles. The Labute approximate surface area is 91.6 Å². The first-order chi connectivity index (χ1) is 7.72. The van der Waals surface area contributed by atoms with Crippen LogP contribution in [0.25, 0.3) is 11.1 Å². The van der Waals surface area contributed by atoms with Gasteiger partial charge in [0.05, 0.1) is 17.2 Å². The predicted octanol–water partition coefficient (Wildman–Crippen LogP) is 3.50. The molecule has 0 saturated heterocycles. The van der Waals surface area contributed by atoms with Crippen LogP contribution in [0.3, 0.4) is 0 Å². The summed E-state index contributed by atoms with van der Waals surface area (Å²) in [6, 6.07) is 11.8. The highest BCUT2D eigenvalue weighted by atomic mass is 19.1. The first-order valence-corrected chi connectivity index (χ1v) is 4.67. The van der Waals surface area contributed by atoms with E-state index in [0.29, 0.717) is 11.1 Å². The topological polar surface area (TPSA) is 23.8 Å². The maximum Gasteiger partial charge on any atom is 0.133 e. The molecule has 2 aromatic carbocycles. The normalized spacial score (nSPS) is 9.81. The van der Waals surface area contributed by atoms with Crippen molar-refractivity contribution in [3.8, 4) is 17.2 Å². The standard InChI is InChI=1S/C13H7F2N/c14-11-5-2-6-12(15)13(11)10-4-1-3-9(7-10)8-16/h1-7H. The summed E-state index contributed by atoms with van der Waals surface area (Å²) in [5, 5.41) is 8.71. The van der Waals surface area contributed by atoms with Gasteiger partial charge in [-0.1, -0.05) is 18.2 Å². The van der Waals surface area contributed by atoms with Gasteiger partial charge in [-0.05, 0) is 29.8 Å². The van der Waals surface area contributed by atoms with Crippen LogP contribution in [0.4, 0.5) is 8.78 Å². The van der Waals surface area contributed by atoms with Crippen LogP contribution in [0.1, 0.15) is 5.56 Å². The van der Waals surface area contributed by atoms with Crippen molar-refractivity contribution in [2.75, 3.05) is 0 Å². The molecule has 0 bridgehead atoms. The highest BCUT2D eigenvalue weighted by Gasteiger charge is 2.10. The summed E-state index contributed by atoms with van der Waals surface area (Å²) >= 11 is 0. The van der Waals surface area contributed by atoms with E-state index in [2.05, 4.69) is 0 Å². The second-order valence-corrected chi connectivity index (χ2v) is 3.29. The molecule has 0 spiro atoms. The first-order valence-electron chi connectivity index (χ1n) is 4.67. The van der Waals surface area contributed by atoms with E-state index in [-0.39, 0.29) is 5.56 Å². The van der Waals surface area contributed by atoms with E-state index in [1.807, 2.05) is 6.07 Å². The second-order valence-electron chi connectivity index (χ2n) is 3.29. The molecule has 0 heterocycles. The Morgan fingerprint density at radius 2 is 1.56 bits per heavy atom. The zero-order chi connectivity index (χ0) is 11.5. The summed E-state index contributed by atoms with van der Waals surface area (Å²) in [5.41, 5.74) is 0.648. The van der Waals surface area contributed by atoms with Crippen LogP contribution in [0, 0.1) is 23.0 Å². The number of nitriles is 1. The van der Waals surface area contributed by atoms with Gasteiger partial charge in [0, 0.05) is 0 Å². The van der Waals surface area contributed by atoms with Crippen LogP contribution in [-0.2, 0) is 0 Å². The number of hydrogen-bond donors (Lipinski definition) is 0. The summed E-state index contributed by atoms with van der Waals surface area (Å²) < 4.78 is 26.9. The Bertz CT molecular complexity index is 550. The minimum absolute atomic E-state index is 0.0976. The van der Waals surface area contributed by atoms with Crippen molar-refractivity contribution in [2.24, 2.45) is 0 Å². The largest absolute Gasteiger partial charge is 0.206 e. The molecule has 2 aromatic rings. The third-order valence-corrected chi connectivity index (χ3v) is 2.24. The Morgan fingerprint density at radius 3 is 2.19 bits per heavy atom. The molecule has 0 atom stereocenters. The lowest BCUT2D eigenvalue weighted by atomic mass is 10.0. The molecule has 0 aliphatic heterocycles. The average Bonchev–Trinajstić information content (AvgIpc) is 2.29. The molecule has 0 N–H and O–H groups in total. The van der Waals surface area contributed by atoms with Gasteiger partial charge in [-0.2, -0.15) is 5.26 Å². The second kappa shape index (κ2) is 4.11. The molecule has 0 aliphatic rings. The highest BCUT2D eigenvalue weighted by molar-refractivity contribution is 5.66. The Hall–Kier alpha value is -2.21. The van der Waals surface area contributed by atoms with Crippen molar-refractivity contribution in [3.63, 3.8) is 0 Å². The van der Waals surface area contributed by atoms with E-state index >= 15 is 0 Å². The van der Waals surface area contributed by atoms with Gasteiger partial charge in [-0.25, -0.2) is 8.78 Å². The number of benzene rings is 2. The average molecular weight is 215 g/mol. The Kier molecular flexibility index (Phi) is 2.65. The Morgan fingerprint density at radius 1 is 0.938 bits per heavy atom. The molecule has 2 rings (SSSR count). The predicted molar refractivity (Wildman–Crippen MR) is 56.5 cm³/mol. The lowest BCUT2D eigenvalue weighted by Crippen LogP contribution is -1.89. The van der Waals surface area contributed by atoms with Crippen LogP contribution in [-0.4, -0.2) is 0 Å². The molecule has 0 aliphatic carbocycles. The van der Waals surface area contributed by atoms with Gasteiger partial charge in [0.2, 0.25) is 0 Å². The minimum Gasteiger partial charge on any atom is -0.206 e. The monoisotopic (exact) mass is 215 g/mol. The van der Waals surface area contributed by atoms with Gasteiger partial charge in [0.1, 0.15) is 11.6 Å². The van der Waals surface area contributed by atoms with Crippen LogP contribution < -0.4 is 0 Å². The molecule has 16 heavy (non-hydrogen) atoms. The fourth-order valence-electron chi connectivity index (χ4n) is 1.52. The van der Waals surface area contributed by atoms with Crippen molar-refractivity contribution in [2.45, 2.75) is 0 Å². The van der Waals surface area contributed by atoms with Gasteiger partial charge >= 0.3 is 0 Å². The fourth-order valence-corrected chi connectivity index (χ4v) is 1.52. The maximum atomic E-state index is 13.4. The van der Waals surface area contributed by atoms with E-state index in [0.717, 1.165) is 0 Å². The van der Waals surface area contributed by atoms with E-state index in [1.165, 1.54) is 24.3 Å². The number of hydrogen-bond acceptors (Lipinski definition) is 1. The quantitative estimate of drug-likeness (QED) is 0.714. The summed E-state index contributed by atoms with van der Waals surface area (Å²) in [6.07, 6.45) is 0. The number of nitrogens with zero attached hydrogens (tertiary/aromatic N) is 1. The smallest absolute Gasteiger partial charge is 0.133 e. The Balaban J connectivity index is 2.64. The van der Waals surface area contributed by atoms with E-state index < -0.39 is 11.6 Å². The molecule has 1 nitrogen and oxygen atoms in total. The van der Waals surface area contributed by atoms with Gasteiger partial charge < -0.3 is 0 Å². The van der Waals surface area contributed by atoms with E-state index in [9.17, 15) is 8.78 Å². The molecule has 0 unspecified atom stereocenters. The molecule has 3 heteroatoms. The van der Waals surface area contributed by atoms with Crippen molar-refractivity contribution in [1.82, 2.24) is 0 Å².